The van der Waals surface area contributed by atoms with Crippen LogP contribution in [0.4, 0.5) is 4.79 Å². The summed E-state index contributed by atoms with van der Waals surface area (Å²) in [6, 6.07) is 0.227. The lowest BCUT2D eigenvalue weighted by Gasteiger charge is -2.39. The van der Waals surface area contributed by atoms with Crippen molar-refractivity contribution in [2.75, 3.05) is 26.2 Å². The van der Waals surface area contributed by atoms with E-state index < -0.39 is 5.60 Å². The van der Waals surface area contributed by atoms with E-state index in [0.717, 1.165) is 29.6 Å². The molecule has 0 bridgehead atoms. The third-order valence-corrected chi connectivity index (χ3v) is 5.23. The summed E-state index contributed by atoms with van der Waals surface area (Å²) in [4.78, 5) is 25.5. The number of carbonyl (C=O) groups is 1. The molecule has 0 spiro atoms. The summed E-state index contributed by atoms with van der Waals surface area (Å²) >= 11 is 1.70. The highest BCUT2D eigenvalue weighted by Gasteiger charge is 2.36. The molecule has 1 unspecified atom stereocenters. The van der Waals surface area contributed by atoms with Crippen LogP contribution < -0.4 is 5.32 Å². The van der Waals surface area contributed by atoms with Crippen LogP contribution in [0.2, 0.25) is 0 Å². The first kappa shape index (κ1) is 18.0. The summed E-state index contributed by atoms with van der Waals surface area (Å²) < 4.78 is 5.48. The molecule has 1 aromatic rings. The number of nitrogens with one attached hydrogen (secondary N) is 1. The number of piperazine rings is 1. The van der Waals surface area contributed by atoms with E-state index >= 15 is 0 Å². The van der Waals surface area contributed by atoms with E-state index in [0.29, 0.717) is 26.2 Å². The Bertz CT molecular complexity index is 652. The summed E-state index contributed by atoms with van der Waals surface area (Å²) in [5.41, 5.74) is 0.596. The molecule has 0 radical (unpaired) electrons. The van der Waals surface area contributed by atoms with Crippen LogP contribution in [0, 0.1) is 0 Å². The minimum Gasteiger partial charge on any atom is -0.444 e. The highest BCUT2D eigenvalue weighted by Crippen LogP contribution is 2.19. The molecule has 2 aliphatic heterocycles. The van der Waals surface area contributed by atoms with Crippen molar-refractivity contribution in [3.63, 3.8) is 0 Å². The Kier molecular flexibility index (Phi) is 5.17. The van der Waals surface area contributed by atoms with Gasteiger partial charge in [0.15, 0.2) is 5.96 Å². The van der Waals surface area contributed by atoms with E-state index in [1.807, 2.05) is 20.8 Å². The van der Waals surface area contributed by atoms with Crippen LogP contribution in [0.25, 0.3) is 0 Å². The van der Waals surface area contributed by atoms with Gasteiger partial charge in [-0.25, -0.2) is 9.78 Å². The summed E-state index contributed by atoms with van der Waals surface area (Å²) in [6.45, 7) is 11.3. The summed E-state index contributed by atoms with van der Waals surface area (Å²) in [7, 11) is 0. The molecule has 8 heteroatoms. The number of hydrogen-bond acceptors (Lipinski definition) is 7. The molecule has 2 aliphatic rings. The Morgan fingerprint density at radius 2 is 2.24 bits per heavy atom. The van der Waals surface area contributed by atoms with Gasteiger partial charge in [0.05, 0.1) is 29.8 Å². The molecular weight excluding hydrogens is 338 g/mol. The van der Waals surface area contributed by atoms with Crippen molar-refractivity contribution in [2.45, 2.75) is 52.3 Å². The lowest BCUT2D eigenvalue weighted by molar-refractivity contribution is 0.0137. The molecule has 3 heterocycles. The molecule has 1 atom stereocenters. The van der Waals surface area contributed by atoms with Crippen LogP contribution in [0.3, 0.4) is 0 Å². The van der Waals surface area contributed by atoms with Crippen molar-refractivity contribution in [1.82, 2.24) is 20.1 Å². The van der Waals surface area contributed by atoms with Crippen molar-refractivity contribution >= 4 is 23.4 Å². The van der Waals surface area contributed by atoms with Crippen LogP contribution in [0.1, 0.15) is 38.4 Å². The quantitative estimate of drug-likeness (QED) is 0.888. The van der Waals surface area contributed by atoms with Crippen molar-refractivity contribution < 1.29 is 9.53 Å². The third-order valence-electron chi connectivity index (χ3n) is 4.19. The predicted molar refractivity (Wildman–Crippen MR) is 98.9 cm³/mol. The Morgan fingerprint density at radius 1 is 1.44 bits per heavy atom. The van der Waals surface area contributed by atoms with Crippen LogP contribution in [-0.2, 0) is 17.7 Å². The van der Waals surface area contributed by atoms with E-state index in [1.165, 1.54) is 0 Å². The first-order valence-electron chi connectivity index (χ1n) is 8.82. The molecule has 0 aliphatic carbocycles. The van der Waals surface area contributed by atoms with Gasteiger partial charge in [0.2, 0.25) is 0 Å². The predicted octanol–water partition coefficient (Wildman–Crippen LogP) is 2.09. The molecule has 1 N–H and O–H groups in total. The van der Waals surface area contributed by atoms with Gasteiger partial charge >= 0.3 is 6.09 Å². The SMILES string of the molecule is CCc1nc(CNC2=NCC3CN(C(=O)OC(C)(C)C)CCN23)cs1. The van der Waals surface area contributed by atoms with Crippen LogP contribution >= 0.6 is 11.3 Å². The second-order valence-corrected chi connectivity index (χ2v) is 8.32. The maximum absolute atomic E-state index is 12.3. The van der Waals surface area contributed by atoms with Gasteiger partial charge in [0.25, 0.3) is 0 Å². The largest absolute Gasteiger partial charge is 0.444 e. The minimum atomic E-state index is -0.460. The van der Waals surface area contributed by atoms with Gasteiger partial charge in [-0.05, 0) is 27.2 Å². The second kappa shape index (κ2) is 7.19. The maximum atomic E-state index is 12.3. The fourth-order valence-electron chi connectivity index (χ4n) is 2.98. The molecule has 1 saturated heterocycles. The fourth-order valence-corrected chi connectivity index (χ4v) is 3.73. The maximum Gasteiger partial charge on any atom is 0.410 e. The van der Waals surface area contributed by atoms with Crippen LogP contribution in [0.5, 0.6) is 0 Å². The number of aromatic nitrogens is 1. The monoisotopic (exact) mass is 365 g/mol. The number of thiazole rings is 1. The highest BCUT2D eigenvalue weighted by molar-refractivity contribution is 7.09. The minimum absolute atomic E-state index is 0.227. The number of nitrogens with zero attached hydrogens (tertiary/aromatic N) is 4. The van der Waals surface area contributed by atoms with Crippen molar-refractivity contribution in [2.24, 2.45) is 4.99 Å². The highest BCUT2D eigenvalue weighted by atomic mass is 32.1. The number of aryl methyl sites for hydroxylation is 1. The molecule has 138 valence electrons. The zero-order valence-electron chi connectivity index (χ0n) is 15.4. The van der Waals surface area contributed by atoms with Gasteiger partial charge in [-0.15, -0.1) is 11.3 Å². The number of guanidine groups is 1. The number of amides is 1. The lowest BCUT2D eigenvalue weighted by atomic mass is 10.2. The van der Waals surface area contributed by atoms with E-state index in [9.17, 15) is 4.79 Å². The molecule has 3 rings (SSSR count). The number of aliphatic imine (C=N–C) groups is 1. The number of hydrogen-bond donors (Lipinski definition) is 1. The number of ether oxygens (including phenoxy) is 1. The van der Waals surface area contributed by atoms with Gasteiger partial charge in [-0.2, -0.15) is 0 Å². The standard InChI is InChI=1S/C17H27N5O2S/c1-5-14-20-12(11-25-14)8-18-15-19-9-13-10-21(6-7-22(13)15)16(23)24-17(2,3)4/h11,13H,5-10H2,1-4H3,(H,18,19). The van der Waals surface area contributed by atoms with Gasteiger partial charge in [0, 0.05) is 25.0 Å². The van der Waals surface area contributed by atoms with Gasteiger partial charge in [0.1, 0.15) is 5.60 Å². The fraction of sp³-hybridized carbons (Fsp3) is 0.706. The van der Waals surface area contributed by atoms with Crippen molar-refractivity contribution in [3.05, 3.63) is 16.1 Å². The average Bonchev–Trinajstić information content (AvgIpc) is 3.17. The van der Waals surface area contributed by atoms with Crippen molar-refractivity contribution in [3.8, 4) is 0 Å². The normalized spacial score (nSPS) is 20.3. The zero-order chi connectivity index (χ0) is 18.0. The lowest BCUT2D eigenvalue weighted by Crippen LogP contribution is -2.57. The van der Waals surface area contributed by atoms with E-state index in [4.69, 9.17) is 4.74 Å². The smallest absolute Gasteiger partial charge is 0.410 e. The molecule has 7 nitrogen and oxygen atoms in total. The Morgan fingerprint density at radius 3 is 2.92 bits per heavy atom. The molecular formula is C17H27N5O2S. The third kappa shape index (κ3) is 4.42. The van der Waals surface area contributed by atoms with E-state index in [1.54, 1.807) is 16.2 Å². The first-order valence-corrected chi connectivity index (χ1v) is 9.70. The van der Waals surface area contributed by atoms with Gasteiger partial charge < -0.3 is 19.9 Å². The zero-order valence-corrected chi connectivity index (χ0v) is 16.2. The Labute approximate surface area is 153 Å². The molecule has 1 aromatic heterocycles. The molecule has 1 fully saturated rings. The number of carbonyl (C=O) groups excluding carboxylic acids is 1. The van der Waals surface area contributed by atoms with Gasteiger partial charge in [-0.1, -0.05) is 6.92 Å². The molecule has 1 amide bonds. The first-order chi connectivity index (χ1) is 11.9. The summed E-state index contributed by atoms with van der Waals surface area (Å²) in [5, 5.41) is 6.66. The van der Waals surface area contributed by atoms with Gasteiger partial charge in [-0.3, -0.25) is 4.99 Å². The number of fused-ring (bicyclic) bond motifs is 1. The molecule has 25 heavy (non-hydrogen) atoms. The topological polar surface area (TPSA) is 70.1 Å². The summed E-state index contributed by atoms with van der Waals surface area (Å²) in [5.74, 6) is 0.917. The average molecular weight is 366 g/mol. The summed E-state index contributed by atoms with van der Waals surface area (Å²) in [6.07, 6.45) is 0.739. The van der Waals surface area contributed by atoms with Crippen molar-refractivity contribution in [1.29, 1.82) is 0 Å². The van der Waals surface area contributed by atoms with Crippen LogP contribution in [-0.4, -0.2) is 64.7 Å². The molecule has 0 saturated carbocycles. The van der Waals surface area contributed by atoms with E-state index in [-0.39, 0.29) is 12.1 Å². The number of rotatable bonds is 3. The Hall–Kier alpha value is -1.83. The second-order valence-electron chi connectivity index (χ2n) is 7.38. The Balaban J connectivity index is 1.51. The van der Waals surface area contributed by atoms with E-state index in [2.05, 4.69) is 32.5 Å². The molecule has 0 aromatic carbocycles. The van der Waals surface area contributed by atoms with Crippen LogP contribution in [0.15, 0.2) is 10.4 Å².